The number of aryl methyl sites for hydroxylation is 1. The predicted molar refractivity (Wildman–Crippen MR) is 128 cm³/mol. The molecule has 0 heterocycles. The minimum Gasteiger partial charge on any atom is -0.350 e. The number of nitrogens with zero attached hydrogens (tertiary/aromatic N) is 2. The second-order valence-corrected chi connectivity index (χ2v) is 11.1. The average molecular weight is 478 g/mol. The standard InChI is InChI=1S/C24H32FN3O4S/c1-17-11-13-19(14-12-17)15-27(18(2)23(30)26-24(3,4)5)22(29)16-28(33(6,31)32)21-10-8-7-9-20(21)25/h7-14,18H,15-16H2,1-6H3,(H,26,30). The van der Waals surface area contributed by atoms with Gasteiger partial charge in [0, 0.05) is 12.1 Å². The fourth-order valence-corrected chi connectivity index (χ4v) is 4.05. The van der Waals surface area contributed by atoms with Crippen molar-refractivity contribution in [2.45, 2.75) is 52.7 Å². The summed E-state index contributed by atoms with van der Waals surface area (Å²) in [5.41, 5.74) is 1.07. The third-order valence-electron chi connectivity index (χ3n) is 4.94. The molecule has 180 valence electrons. The van der Waals surface area contributed by atoms with Crippen LogP contribution >= 0.6 is 0 Å². The van der Waals surface area contributed by atoms with Gasteiger partial charge in [0.25, 0.3) is 0 Å². The van der Waals surface area contributed by atoms with Crippen LogP contribution in [-0.2, 0) is 26.2 Å². The minimum atomic E-state index is -3.98. The van der Waals surface area contributed by atoms with E-state index in [1.807, 2.05) is 52.0 Å². The number of anilines is 1. The molecular formula is C24H32FN3O4S. The molecule has 9 heteroatoms. The number of rotatable bonds is 8. The monoisotopic (exact) mass is 477 g/mol. The Morgan fingerprint density at radius 3 is 2.15 bits per heavy atom. The highest BCUT2D eigenvalue weighted by Gasteiger charge is 2.32. The largest absolute Gasteiger partial charge is 0.350 e. The molecule has 1 unspecified atom stereocenters. The first-order valence-electron chi connectivity index (χ1n) is 10.6. The van der Waals surface area contributed by atoms with Crippen molar-refractivity contribution in [3.05, 3.63) is 65.5 Å². The van der Waals surface area contributed by atoms with E-state index in [1.165, 1.54) is 23.1 Å². The molecule has 0 aliphatic heterocycles. The second-order valence-electron chi connectivity index (χ2n) is 9.14. The highest BCUT2D eigenvalue weighted by atomic mass is 32.2. The van der Waals surface area contributed by atoms with Crippen molar-refractivity contribution in [2.24, 2.45) is 0 Å². The van der Waals surface area contributed by atoms with Crippen LogP contribution in [0.1, 0.15) is 38.8 Å². The van der Waals surface area contributed by atoms with Crippen molar-refractivity contribution in [2.75, 3.05) is 17.1 Å². The number of amides is 2. The van der Waals surface area contributed by atoms with Gasteiger partial charge in [0.2, 0.25) is 21.8 Å². The van der Waals surface area contributed by atoms with Crippen LogP contribution in [0.2, 0.25) is 0 Å². The molecular weight excluding hydrogens is 445 g/mol. The van der Waals surface area contributed by atoms with E-state index in [-0.39, 0.29) is 18.1 Å². The van der Waals surface area contributed by atoms with E-state index in [0.29, 0.717) is 0 Å². The van der Waals surface area contributed by atoms with Crippen LogP contribution in [0.15, 0.2) is 48.5 Å². The lowest BCUT2D eigenvalue weighted by Crippen LogP contribution is -2.54. The smallest absolute Gasteiger partial charge is 0.244 e. The van der Waals surface area contributed by atoms with Gasteiger partial charge in [0.15, 0.2) is 0 Å². The van der Waals surface area contributed by atoms with Crippen molar-refractivity contribution in [1.82, 2.24) is 10.2 Å². The first-order chi connectivity index (χ1) is 15.2. The van der Waals surface area contributed by atoms with Crippen LogP contribution < -0.4 is 9.62 Å². The van der Waals surface area contributed by atoms with E-state index in [4.69, 9.17) is 0 Å². The van der Waals surface area contributed by atoms with E-state index in [0.717, 1.165) is 27.8 Å². The van der Waals surface area contributed by atoms with Gasteiger partial charge in [-0.3, -0.25) is 13.9 Å². The first kappa shape index (κ1) is 26.3. The van der Waals surface area contributed by atoms with Crippen LogP contribution in [-0.4, -0.2) is 49.5 Å². The van der Waals surface area contributed by atoms with Crippen molar-refractivity contribution in [3.63, 3.8) is 0 Å². The molecule has 0 aliphatic rings. The van der Waals surface area contributed by atoms with Crippen molar-refractivity contribution in [3.8, 4) is 0 Å². The number of hydrogen-bond acceptors (Lipinski definition) is 4. The summed E-state index contributed by atoms with van der Waals surface area (Å²) in [6.07, 6.45) is 0.909. The maximum atomic E-state index is 14.4. The number of carbonyl (C=O) groups is 2. The quantitative estimate of drug-likeness (QED) is 0.633. The van der Waals surface area contributed by atoms with E-state index < -0.39 is 39.9 Å². The second kappa shape index (κ2) is 10.3. The molecule has 0 saturated heterocycles. The van der Waals surface area contributed by atoms with Crippen molar-refractivity contribution in [1.29, 1.82) is 0 Å². The lowest BCUT2D eigenvalue weighted by Gasteiger charge is -2.33. The van der Waals surface area contributed by atoms with Gasteiger partial charge in [-0.15, -0.1) is 0 Å². The van der Waals surface area contributed by atoms with Crippen LogP contribution in [0.25, 0.3) is 0 Å². The summed E-state index contributed by atoms with van der Waals surface area (Å²) >= 11 is 0. The van der Waals surface area contributed by atoms with Crippen LogP contribution in [0, 0.1) is 12.7 Å². The number of halogens is 1. The molecule has 7 nitrogen and oxygen atoms in total. The van der Waals surface area contributed by atoms with Gasteiger partial charge < -0.3 is 10.2 Å². The van der Waals surface area contributed by atoms with Gasteiger partial charge in [-0.1, -0.05) is 42.0 Å². The topological polar surface area (TPSA) is 86.8 Å². The highest BCUT2D eigenvalue weighted by Crippen LogP contribution is 2.22. The lowest BCUT2D eigenvalue weighted by molar-refractivity contribution is -0.140. The molecule has 0 bridgehead atoms. The number of carbonyl (C=O) groups excluding carboxylic acids is 2. The van der Waals surface area contributed by atoms with Gasteiger partial charge >= 0.3 is 0 Å². The van der Waals surface area contributed by atoms with Crippen LogP contribution in [0.5, 0.6) is 0 Å². The number of benzene rings is 2. The number of nitrogens with one attached hydrogen (secondary N) is 1. The Morgan fingerprint density at radius 1 is 1.06 bits per heavy atom. The molecule has 0 aromatic heterocycles. The van der Waals surface area contributed by atoms with Crippen LogP contribution in [0.3, 0.4) is 0 Å². The Morgan fingerprint density at radius 2 is 1.64 bits per heavy atom. The zero-order valence-electron chi connectivity index (χ0n) is 19.9. The normalized spacial score (nSPS) is 12.7. The molecule has 0 fully saturated rings. The maximum Gasteiger partial charge on any atom is 0.244 e. The van der Waals surface area contributed by atoms with E-state index >= 15 is 0 Å². The maximum absolute atomic E-state index is 14.4. The Hall–Kier alpha value is -2.94. The molecule has 2 aromatic carbocycles. The number of hydrogen-bond donors (Lipinski definition) is 1. The van der Waals surface area contributed by atoms with Crippen LogP contribution in [0.4, 0.5) is 10.1 Å². The fraction of sp³-hybridized carbons (Fsp3) is 0.417. The minimum absolute atomic E-state index is 0.0900. The molecule has 0 radical (unpaired) electrons. The van der Waals surface area contributed by atoms with Gasteiger partial charge in [-0.2, -0.15) is 0 Å². The van der Waals surface area contributed by atoms with Gasteiger partial charge in [-0.25, -0.2) is 12.8 Å². The summed E-state index contributed by atoms with van der Waals surface area (Å²) in [6.45, 7) is 8.45. The summed E-state index contributed by atoms with van der Waals surface area (Å²) in [5, 5.41) is 2.85. The first-order valence-corrected chi connectivity index (χ1v) is 12.4. The van der Waals surface area contributed by atoms with E-state index in [1.54, 1.807) is 6.92 Å². The zero-order valence-corrected chi connectivity index (χ0v) is 20.7. The molecule has 0 saturated carbocycles. The molecule has 1 atom stereocenters. The van der Waals surface area contributed by atoms with Crippen molar-refractivity contribution >= 4 is 27.5 Å². The Kier molecular flexibility index (Phi) is 8.24. The van der Waals surface area contributed by atoms with Gasteiger partial charge in [0.1, 0.15) is 18.4 Å². The predicted octanol–water partition coefficient (Wildman–Crippen LogP) is 3.23. The molecule has 2 rings (SSSR count). The number of para-hydroxylation sites is 1. The summed E-state index contributed by atoms with van der Waals surface area (Å²) in [6, 6.07) is 11.9. The Balaban J connectivity index is 2.41. The molecule has 33 heavy (non-hydrogen) atoms. The van der Waals surface area contributed by atoms with Crippen molar-refractivity contribution < 1.29 is 22.4 Å². The summed E-state index contributed by atoms with van der Waals surface area (Å²) in [7, 11) is -3.98. The third kappa shape index (κ3) is 7.56. The zero-order chi connectivity index (χ0) is 25.0. The average Bonchev–Trinajstić information content (AvgIpc) is 2.69. The summed E-state index contributed by atoms with van der Waals surface area (Å²) in [5.74, 6) is -1.76. The molecule has 2 amide bonds. The SMILES string of the molecule is Cc1ccc(CN(C(=O)CN(c2ccccc2F)S(C)(=O)=O)C(C)C(=O)NC(C)(C)C)cc1. The fourth-order valence-electron chi connectivity index (χ4n) is 3.20. The number of sulfonamides is 1. The third-order valence-corrected chi connectivity index (χ3v) is 6.07. The summed E-state index contributed by atoms with van der Waals surface area (Å²) < 4.78 is 40.0. The molecule has 0 spiro atoms. The van der Waals surface area contributed by atoms with E-state index in [9.17, 15) is 22.4 Å². The molecule has 1 N–H and O–H groups in total. The Labute approximate surface area is 195 Å². The Bertz CT molecular complexity index is 1100. The van der Waals surface area contributed by atoms with Gasteiger partial charge in [-0.05, 0) is 52.3 Å². The van der Waals surface area contributed by atoms with E-state index in [2.05, 4.69) is 5.32 Å². The highest BCUT2D eigenvalue weighted by molar-refractivity contribution is 7.92. The lowest BCUT2D eigenvalue weighted by atomic mass is 10.1. The van der Waals surface area contributed by atoms with Gasteiger partial charge in [0.05, 0.1) is 11.9 Å². The molecule has 2 aromatic rings. The molecule has 0 aliphatic carbocycles. The summed E-state index contributed by atoms with van der Waals surface area (Å²) in [4.78, 5) is 27.6.